The van der Waals surface area contributed by atoms with E-state index in [2.05, 4.69) is 12.0 Å². The van der Waals surface area contributed by atoms with Crippen LogP contribution in [0.5, 0.6) is 0 Å². The minimum Gasteiger partial charge on any atom is -0.284 e. The summed E-state index contributed by atoms with van der Waals surface area (Å²) in [5.74, 6) is 2.81. The molecule has 3 rings (SSSR count). The molecule has 2 aromatic carbocycles. The van der Waals surface area contributed by atoms with Crippen molar-refractivity contribution < 1.29 is 0 Å². The summed E-state index contributed by atoms with van der Waals surface area (Å²) in [6, 6.07) is 18.1. The Balaban J connectivity index is 2.40. The first-order valence-corrected chi connectivity index (χ1v) is 6.52. The highest BCUT2D eigenvalue weighted by Crippen LogP contribution is 2.04. The first-order chi connectivity index (χ1) is 10.7. The highest BCUT2D eigenvalue weighted by atomic mass is 16.2. The molecule has 0 saturated heterocycles. The number of hydrogen-bond acceptors (Lipinski definition) is 3. The van der Waals surface area contributed by atoms with Crippen molar-refractivity contribution in [3.63, 3.8) is 0 Å². The van der Waals surface area contributed by atoms with Crippen molar-refractivity contribution in [2.45, 2.75) is 0 Å². The van der Waals surface area contributed by atoms with Gasteiger partial charge in [0.1, 0.15) is 0 Å². The molecule has 1 N–H and O–H groups in total. The van der Waals surface area contributed by atoms with Crippen LogP contribution < -0.4 is 16.7 Å². The third-order valence-electron chi connectivity index (χ3n) is 3.10. The molecule has 1 heterocycles. The number of hydrogen-bond donors (Lipinski definition) is 1. The van der Waals surface area contributed by atoms with E-state index in [1.54, 1.807) is 30.3 Å². The van der Waals surface area contributed by atoms with E-state index in [-0.39, 0.29) is 5.39 Å². The first-order valence-electron chi connectivity index (χ1n) is 6.52. The zero-order chi connectivity index (χ0) is 15.5. The van der Waals surface area contributed by atoms with Crippen LogP contribution in [0.4, 0.5) is 0 Å². The minimum absolute atomic E-state index is 0.226. The van der Waals surface area contributed by atoms with Gasteiger partial charge in [-0.15, -0.1) is 0 Å². The maximum absolute atomic E-state index is 12.1. The van der Waals surface area contributed by atoms with Crippen LogP contribution in [0.3, 0.4) is 0 Å². The summed E-state index contributed by atoms with van der Waals surface area (Å²) < 4.78 is 1.00. The SMILES string of the molecule is O=c1[nH]c(=O)c2ccccc2n(C#Cc2ccccc2)c1=O. The molecule has 0 aliphatic carbocycles. The van der Waals surface area contributed by atoms with Gasteiger partial charge in [0.2, 0.25) is 0 Å². The number of aromatic amines is 1. The molecule has 0 amide bonds. The zero-order valence-electron chi connectivity index (χ0n) is 11.4. The van der Waals surface area contributed by atoms with E-state index >= 15 is 0 Å². The van der Waals surface area contributed by atoms with E-state index in [0.29, 0.717) is 11.1 Å². The minimum atomic E-state index is -0.997. The van der Waals surface area contributed by atoms with Crippen LogP contribution in [0, 0.1) is 12.0 Å². The predicted octanol–water partition coefficient (Wildman–Crippen LogP) is 0.907. The summed E-state index contributed by atoms with van der Waals surface area (Å²) in [7, 11) is 0. The summed E-state index contributed by atoms with van der Waals surface area (Å²) in [5.41, 5.74) is -1.51. The molecule has 0 bridgehead atoms. The zero-order valence-corrected chi connectivity index (χ0v) is 11.4. The first kappa shape index (κ1) is 13.6. The Morgan fingerprint density at radius 2 is 1.50 bits per heavy atom. The Hall–Kier alpha value is -3.39. The summed E-state index contributed by atoms with van der Waals surface area (Å²) in [6.07, 6.45) is 0. The third kappa shape index (κ3) is 2.45. The molecule has 5 nitrogen and oxygen atoms in total. The van der Waals surface area contributed by atoms with Gasteiger partial charge in [-0.05, 0) is 30.2 Å². The molecule has 0 spiro atoms. The molecule has 0 fully saturated rings. The second-order valence-electron chi connectivity index (χ2n) is 4.54. The van der Waals surface area contributed by atoms with Crippen molar-refractivity contribution in [1.82, 2.24) is 9.55 Å². The molecule has 0 radical (unpaired) electrons. The van der Waals surface area contributed by atoms with Crippen molar-refractivity contribution in [3.8, 4) is 12.0 Å². The van der Waals surface area contributed by atoms with Gasteiger partial charge in [0.15, 0.2) is 0 Å². The van der Waals surface area contributed by atoms with Gasteiger partial charge in [-0.1, -0.05) is 30.3 Å². The second-order valence-corrected chi connectivity index (χ2v) is 4.54. The number of fused-ring (bicyclic) bond motifs is 1. The second kappa shape index (κ2) is 5.54. The standard InChI is InChI=1S/C17H10N2O3/c20-15-13-8-4-5-9-14(13)19(17(22)16(21)18-15)11-10-12-6-2-1-3-7-12/h1-9H,(H,18,20,21). The number of rotatable bonds is 0. The molecule has 0 unspecified atom stereocenters. The van der Waals surface area contributed by atoms with Crippen LogP contribution in [0.25, 0.3) is 10.9 Å². The predicted molar refractivity (Wildman–Crippen MR) is 83.8 cm³/mol. The van der Waals surface area contributed by atoms with Gasteiger partial charge in [-0.2, -0.15) is 0 Å². The fraction of sp³-hybridized carbons (Fsp3) is 0. The number of aromatic nitrogens is 2. The Morgan fingerprint density at radius 1 is 0.818 bits per heavy atom. The lowest BCUT2D eigenvalue weighted by Crippen LogP contribution is -2.33. The van der Waals surface area contributed by atoms with E-state index in [9.17, 15) is 14.4 Å². The van der Waals surface area contributed by atoms with Crippen LogP contribution in [-0.4, -0.2) is 9.55 Å². The Labute approximate surface area is 124 Å². The quantitative estimate of drug-likeness (QED) is 0.494. The number of benzene rings is 2. The summed E-state index contributed by atoms with van der Waals surface area (Å²) >= 11 is 0. The molecule has 22 heavy (non-hydrogen) atoms. The smallest absolute Gasteiger partial charge is 0.284 e. The van der Waals surface area contributed by atoms with E-state index in [4.69, 9.17) is 0 Å². The van der Waals surface area contributed by atoms with Gasteiger partial charge in [-0.3, -0.25) is 19.4 Å². The van der Waals surface area contributed by atoms with Crippen LogP contribution in [-0.2, 0) is 0 Å². The fourth-order valence-corrected chi connectivity index (χ4v) is 2.05. The molecule has 0 aliphatic heterocycles. The van der Waals surface area contributed by atoms with E-state index in [1.165, 1.54) is 6.07 Å². The van der Waals surface area contributed by atoms with Gasteiger partial charge in [-0.25, -0.2) is 4.57 Å². The summed E-state index contributed by atoms with van der Waals surface area (Å²) in [4.78, 5) is 37.8. The molecule has 1 aromatic heterocycles. The molecular weight excluding hydrogens is 280 g/mol. The van der Waals surface area contributed by atoms with Crippen molar-refractivity contribution in [2.24, 2.45) is 0 Å². The largest absolute Gasteiger partial charge is 0.328 e. The Morgan fingerprint density at radius 3 is 2.27 bits per heavy atom. The van der Waals surface area contributed by atoms with Crippen LogP contribution in [0.2, 0.25) is 0 Å². The average molecular weight is 290 g/mol. The molecule has 0 saturated carbocycles. The van der Waals surface area contributed by atoms with Crippen molar-refractivity contribution in [1.29, 1.82) is 0 Å². The monoisotopic (exact) mass is 290 g/mol. The molecular formula is C17H10N2O3. The van der Waals surface area contributed by atoms with Gasteiger partial charge < -0.3 is 0 Å². The van der Waals surface area contributed by atoms with Crippen molar-refractivity contribution in [2.75, 3.05) is 0 Å². The van der Waals surface area contributed by atoms with Crippen LogP contribution in [0.1, 0.15) is 5.56 Å². The lowest BCUT2D eigenvalue weighted by molar-refractivity contribution is 1.05. The third-order valence-corrected chi connectivity index (χ3v) is 3.10. The lowest BCUT2D eigenvalue weighted by Gasteiger charge is -1.96. The highest BCUT2D eigenvalue weighted by molar-refractivity contribution is 5.78. The average Bonchev–Trinajstić information content (AvgIpc) is 2.64. The maximum atomic E-state index is 12.1. The Kier molecular flexibility index (Phi) is 3.42. The van der Waals surface area contributed by atoms with Crippen LogP contribution >= 0.6 is 0 Å². The van der Waals surface area contributed by atoms with Crippen LogP contribution in [0.15, 0.2) is 69.0 Å². The normalized spacial score (nSPS) is 10.0. The molecule has 0 atom stereocenters. The van der Waals surface area contributed by atoms with Crippen molar-refractivity contribution >= 4 is 10.9 Å². The Bertz CT molecular complexity index is 1080. The lowest BCUT2D eigenvalue weighted by atomic mass is 10.2. The van der Waals surface area contributed by atoms with Crippen molar-refractivity contribution in [3.05, 3.63) is 91.2 Å². The fourth-order valence-electron chi connectivity index (χ4n) is 2.05. The van der Waals surface area contributed by atoms with E-state index in [0.717, 1.165) is 4.57 Å². The molecule has 5 heteroatoms. The molecule has 0 aliphatic rings. The number of H-pyrrole nitrogens is 1. The molecule has 3 aromatic rings. The molecule has 106 valence electrons. The topological polar surface area (TPSA) is 71.9 Å². The van der Waals surface area contributed by atoms with Gasteiger partial charge in [0.25, 0.3) is 5.56 Å². The van der Waals surface area contributed by atoms with E-state index < -0.39 is 16.7 Å². The van der Waals surface area contributed by atoms with Gasteiger partial charge in [0, 0.05) is 11.6 Å². The summed E-state index contributed by atoms with van der Waals surface area (Å²) in [5, 5.41) is 0.226. The number of para-hydroxylation sites is 1. The number of nitrogens with one attached hydrogen (secondary N) is 1. The van der Waals surface area contributed by atoms with E-state index in [1.807, 2.05) is 23.2 Å². The maximum Gasteiger partial charge on any atom is 0.328 e. The highest BCUT2D eigenvalue weighted by Gasteiger charge is 2.05. The summed E-state index contributed by atoms with van der Waals surface area (Å²) in [6.45, 7) is 0. The van der Waals surface area contributed by atoms with Gasteiger partial charge >= 0.3 is 11.1 Å². The van der Waals surface area contributed by atoms with Gasteiger partial charge in [0.05, 0.1) is 10.9 Å². The number of nitrogens with zero attached hydrogens (tertiary/aromatic N) is 1.